The number of hydrogen-bond acceptors (Lipinski definition) is 3. The van der Waals surface area contributed by atoms with Gasteiger partial charge < -0.3 is 3.07 Å². The molecule has 0 aromatic heterocycles. The van der Waals surface area contributed by atoms with Gasteiger partial charge in [0.05, 0.1) is 5.56 Å². The Bertz CT molecular complexity index is 368. The molecule has 3 nitrogen and oxygen atoms in total. The molecule has 1 aromatic rings. The van der Waals surface area contributed by atoms with Crippen LogP contribution in [0.15, 0.2) is 24.3 Å². The van der Waals surface area contributed by atoms with Crippen LogP contribution in [0.4, 0.5) is 0 Å². The average Bonchev–Trinajstić information content (AvgIpc) is 2.27. The lowest BCUT2D eigenvalue weighted by atomic mass is 10.0. The van der Waals surface area contributed by atoms with E-state index in [1.165, 1.54) is 23.0 Å². The summed E-state index contributed by atoms with van der Waals surface area (Å²) in [5.74, 6) is -0.365. The van der Waals surface area contributed by atoms with Crippen LogP contribution in [0, 0.1) is 5.92 Å². The van der Waals surface area contributed by atoms with Gasteiger partial charge in [0.2, 0.25) is 0 Å². The first-order valence-electron chi connectivity index (χ1n) is 4.53. The molecule has 0 spiro atoms. The van der Waals surface area contributed by atoms with Crippen molar-refractivity contribution in [3.8, 4) is 0 Å². The molecule has 0 N–H and O–H groups in total. The number of rotatable bonds is 3. The predicted octanol–water partition coefficient (Wildman–Crippen LogP) is 3.03. The lowest BCUT2D eigenvalue weighted by Gasteiger charge is -2.04. The van der Waals surface area contributed by atoms with Crippen molar-refractivity contribution in [1.82, 2.24) is 0 Å². The molecule has 0 unspecified atom stereocenters. The number of carbonyl (C=O) groups excluding carboxylic acids is 2. The van der Waals surface area contributed by atoms with Crippen molar-refractivity contribution in [2.45, 2.75) is 13.8 Å². The Labute approximate surface area is 103 Å². The number of benzene rings is 1. The van der Waals surface area contributed by atoms with Crippen LogP contribution in [0.25, 0.3) is 0 Å². The predicted molar refractivity (Wildman–Crippen MR) is 65.0 cm³/mol. The van der Waals surface area contributed by atoms with Crippen LogP contribution >= 0.6 is 23.0 Å². The van der Waals surface area contributed by atoms with E-state index in [-0.39, 0.29) is 11.7 Å². The van der Waals surface area contributed by atoms with Gasteiger partial charge in [0, 0.05) is 11.5 Å². The molecule has 0 bridgehead atoms. The fraction of sp³-hybridized carbons (Fsp3) is 0.273. The van der Waals surface area contributed by atoms with E-state index in [4.69, 9.17) is 0 Å². The largest absolute Gasteiger partial charge is 0.391 e. The summed E-state index contributed by atoms with van der Waals surface area (Å²) in [7, 11) is 0. The van der Waals surface area contributed by atoms with Gasteiger partial charge in [-0.25, -0.2) is 4.79 Å². The number of carbonyl (C=O) groups is 2. The molecule has 0 radical (unpaired) electrons. The zero-order valence-corrected chi connectivity index (χ0v) is 10.6. The Hall–Kier alpha value is -0.910. The van der Waals surface area contributed by atoms with Gasteiger partial charge >= 0.3 is 5.97 Å². The third-order valence-corrected chi connectivity index (χ3v) is 2.40. The zero-order chi connectivity index (χ0) is 11.4. The highest BCUT2D eigenvalue weighted by Crippen LogP contribution is 2.11. The lowest BCUT2D eigenvalue weighted by molar-refractivity contribution is 0.0799. The number of hydrogen-bond donors (Lipinski definition) is 0. The smallest absolute Gasteiger partial charge is 0.347 e. The van der Waals surface area contributed by atoms with Gasteiger partial charge in [0.25, 0.3) is 0 Å². The summed E-state index contributed by atoms with van der Waals surface area (Å²) in [6.07, 6.45) is 0. The molecule has 4 heteroatoms. The molecule has 0 aliphatic carbocycles. The van der Waals surface area contributed by atoms with E-state index in [0.29, 0.717) is 11.1 Å². The average molecular weight is 318 g/mol. The second-order valence-corrected chi connectivity index (χ2v) is 3.90. The minimum atomic E-state index is -0.404. The summed E-state index contributed by atoms with van der Waals surface area (Å²) < 4.78 is 4.53. The molecule has 1 rings (SSSR count). The summed E-state index contributed by atoms with van der Waals surface area (Å²) in [5, 5.41) is 0. The second kappa shape index (κ2) is 5.25. The molecule has 0 atom stereocenters. The van der Waals surface area contributed by atoms with Crippen molar-refractivity contribution in [3.63, 3.8) is 0 Å². The van der Waals surface area contributed by atoms with Crippen LogP contribution in [0.3, 0.4) is 0 Å². The van der Waals surface area contributed by atoms with Crippen LogP contribution < -0.4 is 0 Å². The van der Waals surface area contributed by atoms with E-state index in [1.807, 2.05) is 13.8 Å². The van der Waals surface area contributed by atoms with Crippen LogP contribution in [-0.4, -0.2) is 11.8 Å². The second-order valence-electron chi connectivity index (χ2n) is 3.46. The Morgan fingerprint density at radius 3 is 2.00 bits per heavy atom. The Kier molecular flexibility index (Phi) is 4.26. The molecule has 15 heavy (non-hydrogen) atoms. The van der Waals surface area contributed by atoms with Crippen molar-refractivity contribution in [1.29, 1.82) is 0 Å². The Morgan fingerprint density at radius 1 is 1.13 bits per heavy atom. The van der Waals surface area contributed by atoms with Crippen LogP contribution in [0.1, 0.15) is 34.6 Å². The van der Waals surface area contributed by atoms with Crippen LogP contribution in [0.2, 0.25) is 0 Å². The lowest BCUT2D eigenvalue weighted by Crippen LogP contribution is -2.07. The number of ketones is 1. The Balaban J connectivity index is 2.90. The number of Topliss-reactive ketones (excluding diaryl/α,β-unsaturated/α-hetero) is 1. The summed E-state index contributed by atoms with van der Waals surface area (Å²) in [6.45, 7) is 3.69. The molecule has 80 valence electrons. The summed E-state index contributed by atoms with van der Waals surface area (Å²) >= 11 is 1.53. The zero-order valence-electron chi connectivity index (χ0n) is 8.49. The highest BCUT2D eigenvalue weighted by atomic mass is 127. The Morgan fingerprint density at radius 2 is 1.60 bits per heavy atom. The third kappa shape index (κ3) is 3.02. The van der Waals surface area contributed by atoms with Gasteiger partial charge in [-0.05, 0) is 12.1 Å². The van der Waals surface area contributed by atoms with Crippen LogP contribution in [-0.2, 0) is 3.07 Å². The molecular formula is C11H11IO3. The molecular weight excluding hydrogens is 307 g/mol. The van der Waals surface area contributed by atoms with Gasteiger partial charge in [0.15, 0.2) is 28.8 Å². The fourth-order valence-corrected chi connectivity index (χ4v) is 1.40. The summed E-state index contributed by atoms with van der Waals surface area (Å²) in [4.78, 5) is 22.7. The first-order chi connectivity index (χ1) is 7.06. The normalized spacial score (nSPS) is 10.1. The van der Waals surface area contributed by atoms with E-state index in [0.717, 1.165) is 0 Å². The third-order valence-electron chi connectivity index (χ3n) is 2.00. The van der Waals surface area contributed by atoms with Gasteiger partial charge in [-0.3, -0.25) is 4.79 Å². The van der Waals surface area contributed by atoms with E-state index >= 15 is 0 Å². The monoisotopic (exact) mass is 318 g/mol. The van der Waals surface area contributed by atoms with E-state index < -0.39 is 5.97 Å². The molecule has 1 aromatic carbocycles. The van der Waals surface area contributed by atoms with Crippen molar-refractivity contribution >= 4 is 34.8 Å². The fourth-order valence-electron chi connectivity index (χ4n) is 1.15. The first-order valence-corrected chi connectivity index (χ1v) is 5.41. The van der Waals surface area contributed by atoms with Gasteiger partial charge in [-0.15, -0.1) is 0 Å². The van der Waals surface area contributed by atoms with Crippen molar-refractivity contribution in [2.75, 3.05) is 0 Å². The highest BCUT2D eigenvalue weighted by Gasteiger charge is 2.11. The van der Waals surface area contributed by atoms with Gasteiger partial charge in [-0.1, -0.05) is 26.0 Å². The van der Waals surface area contributed by atoms with Gasteiger partial charge in [0.1, 0.15) is 0 Å². The maximum atomic E-state index is 11.6. The standard InChI is InChI=1S/C11H11IO3/c1-7(2)10(13)8-3-5-9(6-4-8)11(14)15-12/h3-7H,1-2H3. The molecule has 0 saturated heterocycles. The molecule has 0 aliphatic heterocycles. The summed E-state index contributed by atoms with van der Waals surface area (Å²) in [6, 6.07) is 6.48. The van der Waals surface area contributed by atoms with E-state index in [9.17, 15) is 9.59 Å². The van der Waals surface area contributed by atoms with Gasteiger partial charge in [-0.2, -0.15) is 0 Å². The SMILES string of the molecule is CC(C)C(=O)c1ccc(C(=O)OI)cc1. The van der Waals surface area contributed by atoms with E-state index in [1.54, 1.807) is 24.3 Å². The number of halogens is 1. The van der Waals surface area contributed by atoms with Crippen LogP contribution in [0.5, 0.6) is 0 Å². The molecule has 0 aliphatic rings. The molecule has 0 amide bonds. The molecule has 0 heterocycles. The van der Waals surface area contributed by atoms with Crippen molar-refractivity contribution in [3.05, 3.63) is 35.4 Å². The van der Waals surface area contributed by atoms with Crippen molar-refractivity contribution in [2.24, 2.45) is 5.92 Å². The minimum absolute atomic E-state index is 0.0348. The molecule has 0 saturated carbocycles. The maximum Gasteiger partial charge on any atom is 0.347 e. The maximum absolute atomic E-state index is 11.6. The van der Waals surface area contributed by atoms with Crippen molar-refractivity contribution < 1.29 is 12.7 Å². The highest BCUT2D eigenvalue weighted by molar-refractivity contribution is 14.1. The summed E-state index contributed by atoms with van der Waals surface area (Å²) in [5.41, 5.74) is 1.07. The molecule has 0 fully saturated rings. The quantitative estimate of drug-likeness (QED) is 0.635. The van der Waals surface area contributed by atoms with E-state index in [2.05, 4.69) is 3.07 Å². The topological polar surface area (TPSA) is 43.4 Å². The minimum Gasteiger partial charge on any atom is -0.391 e. The first kappa shape index (κ1) is 12.2.